The van der Waals surface area contributed by atoms with Gasteiger partial charge in [0.05, 0.1) is 11.1 Å². The summed E-state index contributed by atoms with van der Waals surface area (Å²) in [5.41, 5.74) is -1.52. The summed E-state index contributed by atoms with van der Waals surface area (Å²) in [5.74, 6) is -1.87. The quantitative estimate of drug-likeness (QED) is 0.828. The molecule has 0 atom stereocenters. The van der Waals surface area contributed by atoms with Gasteiger partial charge in [0.15, 0.2) is 0 Å². The minimum atomic E-state index is -4.66. The summed E-state index contributed by atoms with van der Waals surface area (Å²) in [6.07, 6.45) is -3.03. The van der Waals surface area contributed by atoms with E-state index in [-0.39, 0.29) is 16.1 Å². The van der Waals surface area contributed by atoms with Crippen LogP contribution in [0.25, 0.3) is 0 Å². The first-order valence-electron chi connectivity index (χ1n) is 5.16. The number of hydrogen-bond acceptors (Lipinski definition) is 1. The Bertz CT molecular complexity index is 497. The number of carbonyl (C=O) groups excluding carboxylic acids is 1. The predicted octanol–water partition coefficient (Wildman–Crippen LogP) is 3.50. The second kappa shape index (κ2) is 4.53. The zero-order valence-corrected chi connectivity index (χ0v) is 10.5. The van der Waals surface area contributed by atoms with E-state index in [1.165, 1.54) is 0 Å². The van der Waals surface area contributed by atoms with Gasteiger partial charge in [-0.2, -0.15) is 13.2 Å². The molecular weight excluding hydrogens is 318 g/mol. The molecule has 0 radical (unpaired) electrons. The Morgan fingerprint density at radius 2 is 1.94 bits per heavy atom. The molecule has 0 aromatic heterocycles. The summed E-state index contributed by atoms with van der Waals surface area (Å²) in [5, 5.41) is 2.52. The third-order valence-electron chi connectivity index (χ3n) is 2.52. The summed E-state index contributed by atoms with van der Waals surface area (Å²) in [7, 11) is 0. The Labute approximate surface area is 108 Å². The van der Waals surface area contributed by atoms with Crippen LogP contribution in [-0.2, 0) is 6.18 Å². The maximum absolute atomic E-state index is 13.5. The number of rotatable bonds is 2. The highest BCUT2D eigenvalue weighted by atomic mass is 79.9. The molecule has 0 saturated heterocycles. The molecule has 0 bridgehead atoms. The molecule has 0 heterocycles. The topological polar surface area (TPSA) is 29.1 Å². The van der Waals surface area contributed by atoms with Crippen molar-refractivity contribution < 1.29 is 22.4 Å². The lowest BCUT2D eigenvalue weighted by Crippen LogP contribution is -2.26. The number of alkyl halides is 3. The van der Waals surface area contributed by atoms with E-state index in [2.05, 4.69) is 21.2 Å². The number of amides is 1. The summed E-state index contributed by atoms with van der Waals surface area (Å²) in [6.45, 7) is 0. The largest absolute Gasteiger partial charge is 0.417 e. The highest BCUT2D eigenvalue weighted by Gasteiger charge is 2.35. The molecule has 1 N–H and O–H groups in total. The molecule has 18 heavy (non-hydrogen) atoms. The maximum Gasteiger partial charge on any atom is 0.417 e. The summed E-state index contributed by atoms with van der Waals surface area (Å²) < 4.78 is 50.6. The highest BCUT2D eigenvalue weighted by molar-refractivity contribution is 9.10. The van der Waals surface area contributed by atoms with Gasteiger partial charge in [-0.1, -0.05) is 15.9 Å². The SMILES string of the molecule is O=C(NC1CC1)c1cc(Br)c(C(F)(F)F)cc1F. The zero-order valence-electron chi connectivity index (χ0n) is 8.94. The van der Waals surface area contributed by atoms with E-state index in [0.717, 1.165) is 18.9 Å². The molecule has 98 valence electrons. The van der Waals surface area contributed by atoms with Crippen molar-refractivity contribution >= 4 is 21.8 Å². The highest BCUT2D eigenvalue weighted by Crippen LogP contribution is 2.36. The van der Waals surface area contributed by atoms with Gasteiger partial charge in [0.25, 0.3) is 5.91 Å². The van der Waals surface area contributed by atoms with Crippen LogP contribution in [0.2, 0.25) is 0 Å². The van der Waals surface area contributed by atoms with Gasteiger partial charge in [-0.15, -0.1) is 0 Å². The van der Waals surface area contributed by atoms with Crippen LogP contribution in [0, 0.1) is 5.82 Å². The molecule has 7 heteroatoms. The second-order valence-electron chi connectivity index (χ2n) is 4.06. The van der Waals surface area contributed by atoms with Gasteiger partial charge < -0.3 is 5.32 Å². The van der Waals surface area contributed by atoms with E-state index in [9.17, 15) is 22.4 Å². The molecule has 2 nitrogen and oxygen atoms in total. The molecule has 0 unspecified atom stereocenters. The minimum absolute atomic E-state index is 0.0120. The standard InChI is InChI=1S/C11H8BrF4NO/c12-8-3-6(10(18)17-5-1-2-5)9(13)4-7(8)11(14,15)16/h3-5H,1-2H2,(H,17,18). The van der Waals surface area contributed by atoms with Crippen molar-refractivity contribution in [3.8, 4) is 0 Å². The van der Waals surface area contributed by atoms with Gasteiger partial charge in [0, 0.05) is 10.5 Å². The van der Waals surface area contributed by atoms with Gasteiger partial charge >= 0.3 is 6.18 Å². The van der Waals surface area contributed by atoms with Crippen molar-refractivity contribution in [1.82, 2.24) is 5.32 Å². The Morgan fingerprint density at radius 3 is 2.44 bits per heavy atom. The van der Waals surface area contributed by atoms with Gasteiger partial charge in [-0.25, -0.2) is 4.39 Å². The van der Waals surface area contributed by atoms with Crippen LogP contribution in [0.1, 0.15) is 28.8 Å². The van der Waals surface area contributed by atoms with E-state index >= 15 is 0 Å². The van der Waals surface area contributed by atoms with Gasteiger partial charge in [0.1, 0.15) is 5.82 Å². The average Bonchev–Trinajstić information content (AvgIpc) is 3.03. The van der Waals surface area contributed by atoms with Crippen LogP contribution in [0.4, 0.5) is 17.6 Å². The fourth-order valence-corrected chi connectivity index (χ4v) is 2.00. The summed E-state index contributed by atoms with van der Waals surface area (Å²) in [6, 6.07) is 1.19. The predicted molar refractivity (Wildman–Crippen MR) is 59.6 cm³/mol. The van der Waals surface area contributed by atoms with Crippen LogP contribution < -0.4 is 5.32 Å². The minimum Gasteiger partial charge on any atom is -0.349 e. The van der Waals surface area contributed by atoms with Crippen LogP contribution in [-0.4, -0.2) is 11.9 Å². The van der Waals surface area contributed by atoms with Crippen molar-refractivity contribution in [1.29, 1.82) is 0 Å². The van der Waals surface area contributed by atoms with Gasteiger partial charge in [-0.3, -0.25) is 4.79 Å². The van der Waals surface area contributed by atoms with E-state index in [4.69, 9.17) is 0 Å². The average molecular weight is 326 g/mol. The Kier molecular flexibility index (Phi) is 3.35. The first-order valence-corrected chi connectivity index (χ1v) is 5.95. The Hall–Kier alpha value is -1.11. The van der Waals surface area contributed by atoms with Gasteiger partial charge in [-0.05, 0) is 25.0 Å². The number of nitrogens with one attached hydrogen (secondary N) is 1. The molecule has 2 rings (SSSR count). The molecule has 1 fully saturated rings. The van der Waals surface area contributed by atoms with Crippen LogP contribution >= 0.6 is 15.9 Å². The zero-order chi connectivity index (χ0) is 13.5. The fourth-order valence-electron chi connectivity index (χ4n) is 1.43. The molecular formula is C11H8BrF4NO. The maximum atomic E-state index is 13.5. The van der Waals surface area contributed by atoms with Crippen molar-refractivity contribution in [3.63, 3.8) is 0 Å². The lowest BCUT2D eigenvalue weighted by Gasteiger charge is -2.11. The third-order valence-corrected chi connectivity index (χ3v) is 3.18. The monoisotopic (exact) mass is 325 g/mol. The molecule has 0 aliphatic heterocycles. The first kappa shape index (κ1) is 13.3. The van der Waals surface area contributed by atoms with E-state index in [0.29, 0.717) is 6.07 Å². The number of halogens is 5. The lowest BCUT2D eigenvalue weighted by molar-refractivity contribution is -0.138. The fraction of sp³-hybridized carbons (Fsp3) is 0.364. The molecule has 1 amide bonds. The molecule has 0 spiro atoms. The van der Waals surface area contributed by atoms with E-state index < -0.39 is 23.5 Å². The summed E-state index contributed by atoms with van der Waals surface area (Å²) >= 11 is 2.70. The molecule has 1 aliphatic carbocycles. The molecule has 1 aromatic carbocycles. The Balaban J connectivity index is 2.32. The lowest BCUT2D eigenvalue weighted by atomic mass is 10.1. The molecule has 1 aliphatic rings. The third kappa shape index (κ3) is 2.82. The molecule has 1 saturated carbocycles. The normalized spacial score (nSPS) is 15.6. The summed E-state index contributed by atoms with van der Waals surface area (Å²) in [4.78, 5) is 11.6. The van der Waals surface area contributed by atoms with Crippen LogP contribution in [0.3, 0.4) is 0 Å². The number of benzene rings is 1. The van der Waals surface area contributed by atoms with Crippen molar-refractivity contribution in [2.75, 3.05) is 0 Å². The number of hydrogen-bond donors (Lipinski definition) is 1. The van der Waals surface area contributed by atoms with Crippen LogP contribution in [0.15, 0.2) is 16.6 Å². The van der Waals surface area contributed by atoms with E-state index in [1.807, 2.05) is 0 Å². The van der Waals surface area contributed by atoms with Crippen molar-refractivity contribution in [2.24, 2.45) is 0 Å². The van der Waals surface area contributed by atoms with Crippen LogP contribution in [0.5, 0.6) is 0 Å². The second-order valence-corrected chi connectivity index (χ2v) is 4.91. The van der Waals surface area contributed by atoms with Crippen molar-refractivity contribution in [3.05, 3.63) is 33.5 Å². The van der Waals surface area contributed by atoms with Crippen molar-refractivity contribution in [2.45, 2.75) is 25.1 Å². The van der Waals surface area contributed by atoms with Gasteiger partial charge in [0.2, 0.25) is 0 Å². The Morgan fingerprint density at radius 1 is 1.33 bits per heavy atom. The first-order chi connectivity index (χ1) is 8.29. The smallest absolute Gasteiger partial charge is 0.349 e. The van der Waals surface area contributed by atoms with E-state index in [1.54, 1.807) is 0 Å². The molecule has 1 aromatic rings. The number of carbonyl (C=O) groups is 1.